The van der Waals surface area contributed by atoms with Gasteiger partial charge in [0, 0.05) is 5.38 Å². The van der Waals surface area contributed by atoms with E-state index in [0.717, 1.165) is 5.69 Å². The fourth-order valence-corrected chi connectivity index (χ4v) is 1.58. The molecule has 0 radical (unpaired) electrons. The molecule has 0 unspecified atom stereocenters. The molecular formula is C10H9NO2S. The third-order valence-electron chi connectivity index (χ3n) is 1.72. The number of rotatable bonds is 3. The fourth-order valence-electron chi connectivity index (χ4n) is 1.04. The van der Waals surface area contributed by atoms with E-state index in [4.69, 9.17) is 4.74 Å². The fraction of sp³-hybridized carbons (Fsp3) is 0.100. The van der Waals surface area contributed by atoms with Gasteiger partial charge in [-0.3, -0.25) is 0 Å². The molecule has 0 aliphatic heterocycles. The molecule has 2 rings (SSSR count). The molecule has 1 heterocycles. The molecule has 1 aromatic heterocycles. The lowest BCUT2D eigenvalue weighted by atomic mass is 10.3. The quantitative estimate of drug-likeness (QED) is 0.840. The van der Waals surface area contributed by atoms with E-state index in [0.29, 0.717) is 12.4 Å². The maximum absolute atomic E-state index is 9.40. The first kappa shape index (κ1) is 9.02. The van der Waals surface area contributed by atoms with Crippen molar-refractivity contribution in [2.24, 2.45) is 0 Å². The van der Waals surface area contributed by atoms with E-state index in [1.54, 1.807) is 23.7 Å². The predicted molar refractivity (Wildman–Crippen MR) is 54.6 cm³/mol. The topological polar surface area (TPSA) is 42.4 Å². The lowest BCUT2D eigenvalue weighted by molar-refractivity contribution is 0.285. The number of aromatic nitrogens is 1. The zero-order chi connectivity index (χ0) is 9.80. The van der Waals surface area contributed by atoms with Crippen LogP contribution in [0.25, 0.3) is 0 Å². The van der Waals surface area contributed by atoms with Gasteiger partial charge >= 0.3 is 0 Å². The largest absolute Gasteiger partial charge is 0.504 e. The molecule has 0 spiro atoms. The van der Waals surface area contributed by atoms with Crippen LogP contribution in [0.5, 0.6) is 11.5 Å². The number of para-hydroxylation sites is 2. The number of hydrogen-bond donors (Lipinski definition) is 1. The summed E-state index contributed by atoms with van der Waals surface area (Å²) in [5.74, 6) is 0.642. The van der Waals surface area contributed by atoms with E-state index in [9.17, 15) is 5.11 Å². The summed E-state index contributed by atoms with van der Waals surface area (Å²) in [6, 6.07) is 6.89. The lowest BCUT2D eigenvalue weighted by Gasteiger charge is -2.05. The van der Waals surface area contributed by atoms with Crippen molar-refractivity contribution >= 4 is 11.3 Å². The van der Waals surface area contributed by atoms with E-state index >= 15 is 0 Å². The van der Waals surface area contributed by atoms with E-state index < -0.39 is 0 Å². The molecular weight excluding hydrogens is 198 g/mol. The molecule has 2 aromatic rings. The molecule has 0 saturated carbocycles. The molecule has 72 valence electrons. The summed E-state index contributed by atoms with van der Waals surface area (Å²) in [7, 11) is 0. The Hall–Kier alpha value is -1.55. The van der Waals surface area contributed by atoms with E-state index in [2.05, 4.69) is 4.98 Å². The van der Waals surface area contributed by atoms with Gasteiger partial charge in [-0.05, 0) is 12.1 Å². The molecule has 3 nitrogen and oxygen atoms in total. The second-order valence-electron chi connectivity index (χ2n) is 2.74. The highest BCUT2D eigenvalue weighted by molar-refractivity contribution is 7.07. The summed E-state index contributed by atoms with van der Waals surface area (Å²) in [6.07, 6.45) is 0. The van der Waals surface area contributed by atoms with Crippen molar-refractivity contribution in [1.82, 2.24) is 4.98 Å². The van der Waals surface area contributed by atoms with Gasteiger partial charge in [-0.25, -0.2) is 4.98 Å². The number of thiazole rings is 1. The highest BCUT2D eigenvalue weighted by Crippen LogP contribution is 2.25. The normalized spacial score (nSPS) is 10.0. The summed E-state index contributed by atoms with van der Waals surface area (Å²) < 4.78 is 5.38. The molecule has 0 fully saturated rings. The second-order valence-corrected chi connectivity index (χ2v) is 3.45. The van der Waals surface area contributed by atoms with Crippen LogP contribution in [-0.2, 0) is 6.61 Å². The molecule has 0 aliphatic carbocycles. The Labute approximate surface area is 85.6 Å². The molecule has 0 bridgehead atoms. The van der Waals surface area contributed by atoms with Crippen LogP contribution >= 0.6 is 11.3 Å². The van der Waals surface area contributed by atoms with Gasteiger partial charge in [-0.15, -0.1) is 11.3 Å². The van der Waals surface area contributed by atoms with Crippen LogP contribution < -0.4 is 4.74 Å². The second kappa shape index (κ2) is 4.11. The Morgan fingerprint density at radius 1 is 1.36 bits per heavy atom. The molecule has 0 saturated heterocycles. The van der Waals surface area contributed by atoms with E-state index in [1.807, 2.05) is 11.4 Å². The number of ether oxygens (including phenoxy) is 1. The molecule has 0 aliphatic rings. The Morgan fingerprint density at radius 2 is 2.21 bits per heavy atom. The third-order valence-corrected chi connectivity index (χ3v) is 2.36. The Kier molecular flexibility index (Phi) is 2.65. The van der Waals surface area contributed by atoms with E-state index in [-0.39, 0.29) is 5.75 Å². The summed E-state index contributed by atoms with van der Waals surface area (Å²) >= 11 is 1.53. The van der Waals surface area contributed by atoms with E-state index in [1.165, 1.54) is 11.3 Å². The highest BCUT2D eigenvalue weighted by Gasteiger charge is 2.01. The van der Waals surface area contributed by atoms with Gasteiger partial charge in [0.05, 0.1) is 11.2 Å². The number of hydrogen-bond acceptors (Lipinski definition) is 4. The Bertz CT molecular complexity index is 400. The smallest absolute Gasteiger partial charge is 0.161 e. The van der Waals surface area contributed by atoms with Crippen LogP contribution in [0.3, 0.4) is 0 Å². The molecule has 14 heavy (non-hydrogen) atoms. The van der Waals surface area contributed by atoms with Crippen LogP contribution in [0, 0.1) is 0 Å². The first-order valence-corrected chi connectivity index (χ1v) is 5.08. The third kappa shape index (κ3) is 2.03. The Balaban J connectivity index is 2.02. The number of benzene rings is 1. The molecule has 4 heteroatoms. The van der Waals surface area contributed by atoms with Gasteiger partial charge in [0.1, 0.15) is 6.61 Å². The number of nitrogens with zero attached hydrogens (tertiary/aromatic N) is 1. The lowest BCUT2D eigenvalue weighted by Crippen LogP contribution is -1.95. The van der Waals surface area contributed by atoms with Crippen molar-refractivity contribution < 1.29 is 9.84 Å². The van der Waals surface area contributed by atoms with Crippen LogP contribution in [0.4, 0.5) is 0 Å². The van der Waals surface area contributed by atoms with Gasteiger partial charge in [0.2, 0.25) is 0 Å². The summed E-state index contributed by atoms with van der Waals surface area (Å²) in [4.78, 5) is 4.07. The van der Waals surface area contributed by atoms with Gasteiger partial charge in [-0.1, -0.05) is 12.1 Å². The maximum Gasteiger partial charge on any atom is 0.161 e. The van der Waals surface area contributed by atoms with Crippen LogP contribution in [-0.4, -0.2) is 10.1 Å². The maximum atomic E-state index is 9.40. The van der Waals surface area contributed by atoms with Crippen molar-refractivity contribution in [3.63, 3.8) is 0 Å². The number of aromatic hydroxyl groups is 1. The van der Waals surface area contributed by atoms with Gasteiger partial charge < -0.3 is 9.84 Å². The molecule has 1 N–H and O–H groups in total. The first-order chi connectivity index (χ1) is 6.86. The van der Waals surface area contributed by atoms with Crippen LogP contribution in [0.1, 0.15) is 5.69 Å². The zero-order valence-corrected chi connectivity index (χ0v) is 8.20. The summed E-state index contributed by atoms with van der Waals surface area (Å²) in [5, 5.41) is 11.3. The van der Waals surface area contributed by atoms with Crippen molar-refractivity contribution in [2.45, 2.75) is 6.61 Å². The monoisotopic (exact) mass is 207 g/mol. The summed E-state index contributed by atoms with van der Waals surface area (Å²) in [6.45, 7) is 0.390. The van der Waals surface area contributed by atoms with Gasteiger partial charge in [-0.2, -0.15) is 0 Å². The van der Waals surface area contributed by atoms with Crippen LogP contribution in [0.15, 0.2) is 35.2 Å². The minimum absolute atomic E-state index is 0.155. The zero-order valence-electron chi connectivity index (χ0n) is 7.38. The average molecular weight is 207 g/mol. The highest BCUT2D eigenvalue weighted by atomic mass is 32.1. The van der Waals surface area contributed by atoms with Crippen molar-refractivity contribution in [3.8, 4) is 11.5 Å². The minimum atomic E-state index is 0.155. The summed E-state index contributed by atoms with van der Waals surface area (Å²) in [5.41, 5.74) is 2.63. The van der Waals surface area contributed by atoms with Gasteiger partial charge in [0.15, 0.2) is 11.5 Å². The van der Waals surface area contributed by atoms with Crippen molar-refractivity contribution in [3.05, 3.63) is 40.8 Å². The number of phenolic OH excluding ortho intramolecular Hbond substituents is 1. The first-order valence-electron chi connectivity index (χ1n) is 4.14. The standard InChI is InChI=1S/C10H9NO2S/c12-9-3-1-2-4-10(9)13-5-8-6-14-7-11-8/h1-4,6-7,12H,5H2. The predicted octanol–water partition coefficient (Wildman–Crippen LogP) is 2.43. The van der Waals surface area contributed by atoms with Crippen molar-refractivity contribution in [2.75, 3.05) is 0 Å². The minimum Gasteiger partial charge on any atom is -0.504 e. The molecule has 1 aromatic carbocycles. The number of phenols is 1. The van der Waals surface area contributed by atoms with Crippen molar-refractivity contribution in [1.29, 1.82) is 0 Å². The van der Waals surface area contributed by atoms with Gasteiger partial charge in [0.25, 0.3) is 0 Å². The molecule has 0 atom stereocenters. The molecule has 0 amide bonds. The Morgan fingerprint density at radius 3 is 2.93 bits per heavy atom. The van der Waals surface area contributed by atoms with Crippen LogP contribution in [0.2, 0.25) is 0 Å². The average Bonchev–Trinajstić information content (AvgIpc) is 2.69. The SMILES string of the molecule is Oc1ccccc1OCc1cscn1.